The van der Waals surface area contributed by atoms with Gasteiger partial charge in [0.15, 0.2) is 0 Å². The highest BCUT2D eigenvalue weighted by atomic mass is 16.5. The highest BCUT2D eigenvalue weighted by molar-refractivity contribution is 5.37. The fourth-order valence-electron chi connectivity index (χ4n) is 1.57. The Morgan fingerprint density at radius 2 is 2.55 bits per heavy atom. The number of ether oxygens (including phenoxy) is 1. The Labute approximate surface area is 66.4 Å². The number of rotatable bonds is 4. The molecule has 0 aliphatic heterocycles. The van der Waals surface area contributed by atoms with Crippen molar-refractivity contribution < 1.29 is 14.6 Å². The Hall–Kier alpha value is -0.570. The number of hydrogen-bond donors (Lipinski definition) is 1. The van der Waals surface area contributed by atoms with Crippen molar-refractivity contribution in [3.63, 3.8) is 0 Å². The quantitative estimate of drug-likeness (QED) is 0.608. The van der Waals surface area contributed by atoms with Crippen molar-refractivity contribution in [3.05, 3.63) is 0 Å². The molecule has 1 aliphatic carbocycles. The summed E-state index contributed by atoms with van der Waals surface area (Å²) >= 11 is 0. The predicted molar refractivity (Wildman–Crippen MR) is 39.9 cm³/mol. The fourth-order valence-corrected chi connectivity index (χ4v) is 1.57. The number of hydrogen-bond acceptors (Lipinski definition) is 3. The third kappa shape index (κ3) is 1.53. The Balaban J connectivity index is 2.34. The zero-order chi connectivity index (χ0) is 8.32. The maximum atomic E-state index is 9.90. The van der Waals surface area contributed by atoms with Crippen LogP contribution in [0.1, 0.15) is 19.8 Å². The summed E-state index contributed by atoms with van der Waals surface area (Å²) in [6.45, 7) is 3.17. The molecule has 0 aromatic heterocycles. The molecule has 1 rings (SSSR count). The minimum Gasteiger partial charge on any atom is -0.467 e. The van der Waals surface area contributed by atoms with Crippen molar-refractivity contribution in [1.82, 2.24) is 0 Å². The maximum Gasteiger partial charge on any atom is 0.293 e. The van der Waals surface area contributed by atoms with Gasteiger partial charge < -0.3 is 9.84 Å². The lowest BCUT2D eigenvalue weighted by atomic mass is 9.62. The lowest BCUT2D eigenvalue weighted by Gasteiger charge is -2.45. The highest BCUT2D eigenvalue weighted by Gasteiger charge is 2.42. The van der Waals surface area contributed by atoms with Crippen LogP contribution in [-0.4, -0.2) is 24.8 Å². The van der Waals surface area contributed by atoms with E-state index in [1.165, 1.54) is 0 Å². The van der Waals surface area contributed by atoms with E-state index >= 15 is 0 Å². The maximum absolute atomic E-state index is 9.90. The van der Waals surface area contributed by atoms with Gasteiger partial charge in [-0.2, -0.15) is 0 Å². The van der Waals surface area contributed by atoms with Crippen LogP contribution >= 0.6 is 0 Å². The van der Waals surface area contributed by atoms with Crippen LogP contribution in [0.4, 0.5) is 0 Å². The van der Waals surface area contributed by atoms with Gasteiger partial charge in [0, 0.05) is 12.0 Å². The Morgan fingerprint density at radius 3 is 2.91 bits per heavy atom. The number of carbonyl (C=O) groups is 1. The molecule has 1 aliphatic rings. The fraction of sp³-hybridized carbons (Fsp3) is 0.875. The second-order valence-corrected chi connectivity index (χ2v) is 3.48. The van der Waals surface area contributed by atoms with Crippen LogP contribution in [-0.2, 0) is 9.53 Å². The zero-order valence-corrected chi connectivity index (χ0v) is 6.75. The summed E-state index contributed by atoms with van der Waals surface area (Å²) in [5.41, 5.74) is 0.0374. The molecule has 0 aromatic carbocycles. The molecule has 0 spiro atoms. The molecule has 0 amide bonds. The Morgan fingerprint density at radius 1 is 1.82 bits per heavy atom. The summed E-state index contributed by atoms with van der Waals surface area (Å²) in [6.07, 6.45) is 2.10. The summed E-state index contributed by atoms with van der Waals surface area (Å²) in [5, 5.41) is 8.88. The second-order valence-electron chi connectivity index (χ2n) is 3.48. The van der Waals surface area contributed by atoms with Gasteiger partial charge in [-0.3, -0.25) is 4.79 Å². The van der Waals surface area contributed by atoms with Crippen molar-refractivity contribution in [2.45, 2.75) is 19.8 Å². The standard InChI is InChI=1S/C8H14O3/c1-8(5-11-6-10)3-2-7(8)4-9/h6-7,9H,2-5H2,1H3/t7-,8-/m1/s1. The van der Waals surface area contributed by atoms with Gasteiger partial charge in [-0.05, 0) is 18.8 Å². The molecule has 0 aromatic rings. The normalized spacial score (nSPS) is 36.0. The van der Waals surface area contributed by atoms with E-state index in [4.69, 9.17) is 5.11 Å². The Kier molecular flexibility index (Phi) is 2.49. The van der Waals surface area contributed by atoms with Crippen molar-refractivity contribution in [2.75, 3.05) is 13.2 Å². The van der Waals surface area contributed by atoms with E-state index in [0.717, 1.165) is 12.8 Å². The number of aliphatic hydroxyl groups is 1. The number of aliphatic hydroxyl groups excluding tert-OH is 1. The molecule has 3 heteroatoms. The van der Waals surface area contributed by atoms with E-state index in [2.05, 4.69) is 4.74 Å². The van der Waals surface area contributed by atoms with Crippen LogP contribution in [0, 0.1) is 11.3 Å². The summed E-state index contributed by atoms with van der Waals surface area (Å²) in [6, 6.07) is 0. The van der Waals surface area contributed by atoms with Crippen LogP contribution in [0.5, 0.6) is 0 Å². The van der Waals surface area contributed by atoms with Crippen molar-refractivity contribution in [1.29, 1.82) is 0 Å². The van der Waals surface area contributed by atoms with Crippen LogP contribution in [0.2, 0.25) is 0 Å². The molecule has 0 bridgehead atoms. The van der Waals surface area contributed by atoms with Crippen molar-refractivity contribution >= 4 is 6.47 Å². The van der Waals surface area contributed by atoms with E-state index < -0.39 is 0 Å². The molecule has 2 atom stereocenters. The van der Waals surface area contributed by atoms with Crippen molar-refractivity contribution in [2.24, 2.45) is 11.3 Å². The van der Waals surface area contributed by atoms with Crippen LogP contribution in [0.15, 0.2) is 0 Å². The van der Waals surface area contributed by atoms with Crippen LogP contribution < -0.4 is 0 Å². The zero-order valence-electron chi connectivity index (χ0n) is 6.75. The molecular weight excluding hydrogens is 144 g/mol. The molecule has 1 N–H and O–H groups in total. The van der Waals surface area contributed by atoms with E-state index in [9.17, 15) is 4.79 Å². The summed E-state index contributed by atoms with van der Waals surface area (Å²) < 4.78 is 4.68. The minimum atomic E-state index is 0.0374. The van der Waals surface area contributed by atoms with Gasteiger partial charge in [-0.25, -0.2) is 0 Å². The molecule has 0 saturated heterocycles. The first-order chi connectivity index (χ1) is 5.23. The van der Waals surface area contributed by atoms with E-state index in [-0.39, 0.29) is 12.0 Å². The molecule has 0 unspecified atom stereocenters. The Bertz CT molecular complexity index is 144. The molecule has 1 fully saturated rings. The van der Waals surface area contributed by atoms with Gasteiger partial charge >= 0.3 is 0 Å². The first kappa shape index (κ1) is 8.53. The first-order valence-electron chi connectivity index (χ1n) is 3.89. The van der Waals surface area contributed by atoms with Gasteiger partial charge in [-0.1, -0.05) is 6.92 Å². The summed E-state index contributed by atoms with van der Waals surface area (Å²) in [4.78, 5) is 9.90. The average Bonchev–Trinajstić information content (AvgIpc) is 1.99. The summed E-state index contributed by atoms with van der Waals surface area (Å²) in [5.74, 6) is 0.322. The van der Waals surface area contributed by atoms with Gasteiger partial charge in [-0.15, -0.1) is 0 Å². The topological polar surface area (TPSA) is 46.5 Å². The van der Waals surface area contributed by atoms with Gasteiger partial charge in [0.1, 0.15) is 0 Å². The molecule has 0 radical (unpaired) electrons. The molecular formula is C8H14O3. The molecule has 0 heterocycles. The lowest BCUT2D eigenvalue weighted by Crippen LogP contribution is -2.43. The highest BCUT2D eigenvalue weighted by Crippen LogP contribution is 2.45. The molecule has 1 saturated carbocycles. The van der Waals surface area contributed by atoms with E-state index in [1.54, 1.807) is 0 Å². The van der Waals surface area contributed by atoms with Gasteiger partial charge in [0.05, 0.1) is 6.61 Å². The van der Waals surface area contributed by atoms with E-state index in [1.807, 2.05) is 6.92 Å². The monoisotopic (exact) mass is 158 g/mol. The third-order valence-electron chi connectivity index (χ3n) is 2.75. The minimum absolute atomic E-state index is 0.0374. The number of carbonyl (C=O) groups excluding carboxylic acids is 1. The largest absolute Gasteiger partial charge is 0.467 e. The second kappa shape index (κ2) is 3.22. The van der Waals surface area contributed by atoms with Crippen molar-refractivity contribution in [3.8, 4) is 0 Å². The SMILES string of the molecule is C[C@]1(COC=O)CC[C@@H]1CO. The third-order valence-corrected chi connectivity index (χ3v) is 2.75. The lowest BCUT2D eigenvalue weighted by molar-refractivity contribution is -0.138. The first-order valence-corrected chi connectivity index (χ1v) is 3.89. The molecule has 11 heavy (non-hydrogen) atoms. The average molecular weight is 158 g/mol. The van der Waals surface area contributed by atoms with Gasteiger partial charge in [0.2, 0.25) is 0 Å². The smallest absolute Gasteiger partial charge is 0.293 e. The molecule has 3 nitrogen and oxygen atoms in total. The predicted octanol–water partition coefficient (Wildman–Crippen LogP) is 0.568. The van der Waals surface area contributed by atoms with Crippen LogP contribution in [0.25, 0.3) is 0 Å². The van der Waals surface area contributed by atoms with Crippen LogP contribution in [0.3, 0.4) is 0 Å². The van der Waals surface area contributed by atoms with E-state index in [0.29, 0.717) is 19.0 Å². The molecule has 64 valence electrons. The summed E-state index contributed by atoms with van der Waals surface area (Å²) in [7, 11) is 0. The van der Waals surface area contributed by atoms with Gasteiger partial charge in [0.25, 0.3) is 6.47 Å².